The SMILES string of the molecule is CCN(C)C=Nc1cc(C)cc(Nc2cccc(C(F)(F)F)n2)c1Cl. The van der Waals surface area contributed by atoms with Crippen LogP contribution in [0.1, 0.15) is 18.2 Å². The van der Waals surface area contributed by atoms with Crippen LogP contribution >= 0.6 is 11.6 Å². The van der Waals surface area contributed by atoms with Gasteiger partial charge in [0.15, 0.2) is 0 Å². The van der Waals surface area contributed by atoms with Crippen LogP contribution in [0.5, 0.6) is 0 Å². The molecule has 0 radical (unpaired) electrons. The number of alkyl halides is 3. The van der Waals surface area contributed by atoms with Crippen LogP contribution < -0.4 is 5.32 Å². The van der Waals surface area contributed by atoms with Gasteiger partial charge in [0.2, 0.25) is 0 Å². The second kappa shape index (κ2) is 7.74. The van der Waals surface area contributed by atoms with Gasteiger partial charge in [-0.1, -0.05) is 17.7 Å². The maximum Gasteiger partial charge on any atom is 0.433 e. The van der Waals surface area contributed by atoms with Gasteiger partial charge in [0.05, 0.1) is 22.7 Å². The van der Waals surface area contributed by atoms with E-state index in [1.165, 1.54) is 12.1 Å². The third-order valence-electron chi connectivity index (χ3n) is 3.39. The number of nitrogens with zero attached hydrogens (tertiary/aromatic N) is 3. The van der Waals surface area contributed by atoms with Crippen LogP contribution in [-0.2, 0) is 6.18 Å². The van der Waals surface area contributed by atoms with Gasteiger partial charge in [0, 0.05) is 13.6 Å². The molecule has 0 fully saturated rings. The first kappa shape index (κ1) is 19.1. The van der Waals surface area contributed by atoms with E-state index < -0.39 is 11.9 Å². The highest BCUT2D eigenvalue weighted by molar-refractivity contribution is 6.35. The lowest BCUT2D eigenvalue weighted by molar-refractivity contribution is -0.141. The summed E-state index contributed by atoms with van der Waals surface area (Å²) in [7, 11) is 1.87. The molecule has 2 rings (SSSR count). The lowest BCUT2D eigenvalue weighted by Gasteiger charge is -2.13. The van der Waals surface area contributed by atoms with Crippen LogP contribution in [0.4, 0.5) is 30.4 Å². The molecular formula is C17H18ClF3N4. The molecule has 1 N–H and O–H groups in total. The predicted molar refractivity (Wildman–Crippen MR) is 95.2 cm³/mol. The normalized spacial score (nSPS) is 11.8. The quantitative estimate of drug-likeness (QED) is 0.564. The van der Waals surface area contributed by atoms with E-state index in [9.17, 15) is 13.2 Å². The number of benzene rings is 1. The van der Waals surface area contributed by atoms with Gasteiger partial charge >= 0.3 is 6.18 Å². The van der Waals surface area contributed by atoms with Crippen molar-refractivity contribution < 1.29 is 13.2 Å². The Morgan fingerprint density at radius 1 is 1.32 bits per heavy atom. The summed E-state index contributed by atoms with van der Waals surface area (Å²) in [6, 6.07) is 7.18. The Morgan fingerprint density at radius 2 is 2.04 bits per heavy atom. The van der Waals surface area contributed by atoms with Gasteiger partial charge < -0.3 is 10.2 Å². The van der Waals surface area contributed by atoms with Crippen molar-refractivity contribution in [1.82, 2.24) is 9.88 Å². The Labute approximate surface area is 149 Å². The van der Waals surface area contributed by atoms with E-state index in [1.54, 1.807) is 18.5 Å². The second-order valence-corrected chi connectivity index (χ2v) is 5.87. The highest BCUT2D eigenvalue weighted by atomic mass is 35.5. The van der Waals surface area contributed by atoms with Crippen molar-refractivity contribution in [3.8, 4) is 0 Å². The van der Waals surface area contributed by atoms with E-state index in [2.05, 4.69) is 15.3 Å². The Kier molecular flexibility index (Phi) is 5.89. The molecule has 1 heterocycles. The van der Waals surface area contributed by atoms with E-state index in [4.69, 9.17) is 11.6 Å². The van der Waals surface area contributed by atoms with Gasteiger partial charge in [0.25, 0.3) is 0 Å². The first-order chi connectivity index (χ1) is 11.7. The lowest BCUT2D eigenvalue weighted by Crippen LogP contribution is -2.14. The molecule has 0 aliphatic carbocycles. The molecule has 4 nitrogen and oxygen atoms in total. The minimum Gasteiger partial charge on any atom is -0.366 e. The number of pyridine rings is 1. The van der Waals surface area contributed by atoms with E-state index in [-0.39, 0.29) is 5.82 Å². The van der Waals surface area contributed by atoms with Gasteiger partial charge in [-0.2, -0.15) is 13.2 Å². The summed E-state index contributed by atoms with van der Waals surface area (Å²) in [4.78, 5) is 9.79. The molecule has 0 saturated heterocycles. The number of anilines is 2. The molecule has 8 heteroatoms. The van der Waals surface area contributed by atoms with Crippen LogP contribution in [0, 0.1) is 6.92 Å². The summed E-state index contributed by atoms with van der Waals surface area (Å²) < 4.78 is 38.4. The number of nitrogens with one attached hydrogen (secondary N) is 1. The molecule has 0 spiro atoms. The topological polar surface area (TPSA) is 40.5 Å². The third kappa shape index (κ3) is 5.09. The molecule has 0 amide bonds. The van der Waals surface area contributed by atoms with Crippen LogP contribution in [0.3, 0.4) is 0 Å². The molecule has 0 atom stereocenters. The van der Waals surface area contributed by atoms with E-state index in [1.807, 2.05) is 25.8 Å². The van der Waals surface area contributed by atoms with Crippen LogP contribution in [-0.4, -0.2) is 29.8 Å². The van der Waals surface area contributed by atoms with Gasteiger partial charge in [-0.05, 0) is 43.7 Å². The van der Waals surface area contributed by atoms with Crippen molar-refractivity contribution in [1.29, 1.82) is 0 Å². The monoisotopic (exact) mass is 370 g/mol. The lowest BCUT2D eigenvalue weighted by atomic mass is 10.2. The molecule has 0 aliphatic heterocycles. The molecule has 2 aromatic rings. The molecule has 0 bridgehead atoms. The first-order valence-corrected chi connectivity index (χ1v) is 7.94. The van der Waals surface area contributed by atoms with Crippen molar-refractivity contribution in [3.63, 3.8) is 0 Å². The predicted octanol–water partition coefficient (Wildman–Crippen LogP) is 5.42. The van der Waals surface area contributed by atoms with E-state index in [0.29, 0.717) is 16.4 Å². The fraction of sp³-hybridized carbons (Fsp3) is 0.294. The van der Waals surface area contributed by atoms with Crippen molar-refractivity contribution in [3.05, 3.63) is 46.6 Å². The Hall–Kier alpha value is -2.28. The van der Waals surface area contributed by atoms with Gasteiger partial charge in [-0.3, -0.25) is 0 Å². The Bertz CT molecular complexity index is 775. The largest absolute Gasteiger partial charge is 0.433 e. The molecule has 134 valence electrons. The van der Waals surface area contributed by atoms with Crippen molar-refractivity contribution in [2.24, 2.45) is 4.99 Å². The molecule has 0 unspecified atom stereocenters. The molecule has 25 heavy (non-hydrogen) atoms. The zero-order chi connectivity index (χ0) is 18.6. The highest BCUT2D eigenvalue weighted by Crippen LogP contribution is 2.36. The van der Waals surface area contributed by atoms with Crippen LogP contribution in [0.15, 0.2) is 35.3 Å². The Morgan fingerprint density at radius 3 is 2.68 bits per heavy atom. The summed E-state index contributed by atoms with van der Waals surface area (Å²) in [5.41, 5.74) is 0.866. The first-order valence-electron chi connectivity index (χ1n) is 7.56. The van der Waals surface area contributed by atoms with Crippen LogP contribution in [0.2, 0.25) is 5.02 Å². The number of aryl methyl sites for hydroxylation is 1. The van der Waals surface area contributed by atoms with Crippen LogP contribution in [0.25, 0.3) is 0 Å². The number of hydrogen-bond donors (Lipinski definition) is 1. The Balaban J connectivity index is 2.34. The summed E-state index contributed by atoms with van der Waals surface area (Å²) in [6.07, 6.45) is -2.86. The molecule has 1 aromatic carbocycles. The fourth-order valence-electron chi connectivity index (χ4n) is 1.98. The third-order valence-corrected chi connectivity index (χ3v) is 3.79. The molecule has 0 saturated carbocycles. The van der Waals surface area contributed by atoms with Gasteiger partial charge in [-0.15, -0.1) is 0 Å². The van der Waals surface area contributed by atoms with Crippen molar-refractivity contribution >= 4 is 35.1 Å². The number of aliphatic imine (C=N–C) groups is 1. The average molecular weight is 371 g/mol. The highest BCUT2D eigenvalue weighted by Gasteiger charge is 2.32. The minimum atomic E-state index is -4.51. The minimum absolute atomic E-state index is 0.0583. The van der Waals surface area contributed by atoms with Gasteiger partial charge in [0.1, 0.15) is 11.5 Å². The maximum atomic E-state index is 12.8. The van der Waals surface area contributed by atoms with Crippen molar-refractivity contribution in [2.75, 3.05) is 18.9 Å². The van der Waals surface area contributed by atoms with Crippen molar-refractivity contribution in [2.45, 2.75) is 20.0 Å². The summed E-state index contributed by atoms with van der Waals surface area (Å²) in [6.45, 7) is 4.62. The number of hydrogen-bond acceptors (Lipinski definition) is 3. The standard InChI is InChI=1S/C17H18ClF3N4/c1-4-25(3)10-22-12-8-11(2)9-13(16(12)18)23-15-7-5-6-14(24-15)17(19,20)21/h5-10H,4H2,1-3H3,(H,23,24). The second-order valence-electron chi connectivity index (χ2n) is 5.49. The maximum absolute atomic E-state index is 12.8. The van der Waals surface area contributed by atoms with Gasteiger partial charge in [-0.25, -0.2) is 9.98 Å². The number of rotatable bonds is 5. The summed E-state index contributed by atoms with van der Waals surface area (Å²) in [5.74, 6) is 0.0583. The molecule has 0 aliphatic rings. The zero-order valence-electron chi connectivity index (χ0n) is 14.0. The summed E-state index contributed by atoms with van der Waals surface area (Å²) in [5, 5.41) is 3.15. The molecular weight excluding hydrogens is 353 g/mol. The fourth-order valence-corrected chi connectivity index (χ4v) is 2.18. The number of halogens is 4. The average Bonchev–Trinajstić information content (AvgIpc) is 2.55. The van der Waals surface area contributed by atoms with E-state index >= 15 is 0 Å². The smallest absolute Gasteiger partial charge is 0.366 e. The zero-order valence-corrected chi connectivity index (χ0v) is 14.8. The molecule has 1 aromatic heterocycles. The summed E-state index contributed by atoms with van der Waals surface area (Å²) >= 11 is 6.34. The number of aromatic nitrogens is 1. The van der Waals surface area contributed by atoms with E-state index in [0.717, 1.165) is 18.2 Å².